The van der Waals surface area contributed by atoms with Gasteiger partial charge in [0.05, 0.1) is 34.7 Å². The number of nitro benzene ring substituents is 1. The van der Waals surface area contributed by atoms with E-state index in [0.717, 1.165) is 6.07 Å². The van der Waals surface area contributed by atoms with Crippen molar-refractivity contribution in [2.75, 3.05) is 32.6 Å². The van der Waals surface area contributed by atoms with Crippen LogP contribution in [0.4, 0.5) is 16.2 Å². The van der Waals surface area contributed by atoms with Crippen LogP contribution in [0.15, 0.2) is 41.3 Å². The van der Waals surface area contributed by atoms with Crippen molar-refractivity contribution in [3.05, 3.63) is 51.5 Å². The summed E-state index contributed by atoms with van der Waals surface area (Å²) in [6.45, 7) is -0.189. The number of non-ortho nitro benzene ring substituents is 1. The zero-order valence-corrected chi connectivity index (χ0v) is 17.5. The van der Waals surface area contributed by atoms with Crippen LogP contribution in [0.5, 0.6) is 11.5 Å². The van der Waals surface area contributed by atoms with Gasteiger partial charge in [-0.15, -0.1) is 0 Å². The quantitative estimate of drug-likeness (QED) is 0.296. The summed E-state index contributed by atoms with van der Waals surface area (Å²) in [6.07, 6.45) is 0. The molecule has 0 aliphatic heterocycles. The summed E-state index contributed by atoms with van der Waals surface area (Å²) < 4.78 is 36.9. The van der Waals surface area contributed by atoms with E-state index < -0.39 is 21.0 Å². The number of urea groups is 1. The van der Waals surface area contributed by atoms with Crippen LogP contribution in [0.3, 0.4) is 0 Å². The van der Waals surface area contributed by atoms with Crippen molar-refractivity contribution in [3.8, 4) is 11.5 Å². The fourth-order valence-corrected chi connectivity index (χ4v) is 3.65. The molecule has 2 aromatic rings. The standard InChI is InChI=1S/C17H19ClN4O7S/c1-28-15-10-16(29-2)14(9-13(15)18)21-17(23)19-6-7-20-30(26,27)12-5-3-4-11(8-12)22(24)25/h3-5,8-10,20H,6-7H2,1-2H3,(H2,19,21,23). The number of rotatable bonds is 9. The first-order valence-electron chi connectivity index (χ1n) is 8.38. The van der Waals surface area contributed by atoms with Crippen molar-refractivity contribution in [3.63, 3.8) is 0 Å². The highest BCUT2D eigenvalue weighted by molar-refractivity contribution is 7.89. The Hall–Kier alpha value is -3.09. The average Bonchev–Trinajstić information content (AvgIpc) is 2.71. The van der Waals surface area contributed by atoms with Crippen LogP contribution in [0.2, 0.25) is 5.02 Å². The number of carbonyl (C=O) groups excluding carboxylic acids is 1. The summed E-state index contributed by atoms with van der Waals surface area (Å²) in [5.41, 5.74) is -0.0551. The summed E-state index contributed by atoms with van der Waals surface area (Å²) >= 11 is 6.04. The zero-order valence-electron chi connectivity index (χ0n) is 16.0. The molecule has 2 rings (SSSR count). The van der Waals surface area contributed by atoms with Crippen molar-refractivity contribution < 1.29 is 27.6 Å². The highest BCUT2D eigenvalue weighted by atomic mass is 35.5. The third-order valence-electron chi connectivity index (χ3n) is 3.76. The van der Waals surface area contributed by atoms with Crippen LogP contribution in [0.25, 0.3) is 0 Å². The number of anilines is 1. The molecule has 2 amide bonds. The molecule has 0 unspecified atom stereocenters. The fraction of sp³-hybridized carbons (Fsp3) is 0.235. The Morgan fingerprint density at radius 3 is 2.47 bits per heavy atom. The lowest BCUT2D eigenvalue weighted by Gasteiger charge is -2.14. The number of nitrogens with one attached hydrogen (secondary N) is 3. The molecule has 162 valence electrons. The molecule has 11 nitrogen and oxygen atoms in total. The number of nitrogens with zero attached hydrogens (tertiary/aromatic N) is 1. The Balaban J connectivity index is 1.91. The molecule has 0 saturated heterocycles. The first kappa shape index (κ1) is 23.2. The monoisotopic (exact) mass is 458 g/mol. The lowest BCUT2D eigenvalue weighted by molar-refractivity contribution is -0.385. The van der Waals surface area contributed by atoms with Gasteiger partial charge in [0.1, 0.15) is 11.5 Å². The lowest BCUT2D eigenvalue weighted by atomic mass is 10.2. The number of nitro groups is 1. The molecule has 0 spiro atoms. The van der Waals surface area contributed by atoms with Gasteiger partial charge in [0.25, 0.3) is 5.69 Å². The van der Waals surface area contributed by atoms with Crippen molar-refractivity contribution in [1.29, 1.82) is 0 Å². The van der Waals surface area contributed by atoms with Gasteiger partial charge >= 0.3 is 6.03 Å². The second-order valence-corrected chi connectivity index (χ2v) is 7.89. The summed E-state index contributed by atoms with van der Waals surface area (Å²) in [7, 11) is -1.12. The Morgan fingerprint density at radius 1 is 1.13 bits per heavy atom. The molecule has 3 N–H and O–H groups in total. The highest BCUT2D eigenvalue weighted by Crippen LogP contribution is 2.35. The number of hydrogen-bond donors (Lipinski definition) is 3. The fourth-order valence-electron chi connectivity index (χ4n) is 2.33. The highest BCUT2D eigenvalue weighted by Gasteiger charge is 2.17. The number of hydrogen-bond acceptors (Lipinski definition) is 7. The van der Waals surface area contributed by atoms with Crippen LogP contribution >= 0.6 is 11.6 Å². The summed E-state index contributed by atoms with van der Waals surface area (Å²) in [4.78, 5) is 21.9. The van der Waals surface area contributed by atoms with Gasteiger partial charge in [-0.05, 0) is 12.1 Å². The van der Waals surface area contributed by atoms with E-state index >= 15 is 0 Å². The molecular formula is C17H19ClN4O7S. The number of benzene rings is 2. The van der Waals surface area contributed by atoms with Crippen molar-refractivity contribution in [1.82, 2.24) is 10.0 Å². The van der Waals surface area contributed by atoms with Crippen molar-refractivity contribution >= 4 is 39.0 Å². The van der Waals surface area contributed by atoms with E-state index in [1.807, 2.05) is 0 Å². The maximum atomic E-state index is 12.2. The summed E-state index contributed by atoms with van der Waals surface area (Å²) in [6, 6.07) is 6.96. The summed E-state index contributed by atoms with van der Waals surface area (Å²) in [5.74, 6) is 0.688. The molecule has 0 atom stereocenters. The molecule has 0 aliphatic rings. The van der Waals surface area contributed by atoms with Gasteiger partial charge in [0.2, 0.25) is 10.0 Å². The number of ether oxygens (including phenoxy) is 2. The third kappa shape index (κ3) is 5.95. The minimum atomic E-state index is -3.97. The predicted molar refractivity (Wildman–Crippen MR) is 110 cm³/mol. The van der Waals surface area contributed by atoms with Crippen LogP contribution in [-0.2, 0) is 10.0 Å². The lowest BCUT2D eigenvalue weighted by Crippen LogP contribution is -2.36. The first-order valence-corrected chi connectivity index (χ1v) is 10.2. The topological polar surface area (TPSA) is 149 Å². The van der Waals surface area contributed by atoms with E-state index in [9.17, 15) is 23.3 Å². The Labute approximate surface area is 177 Å². The largest absolute Gasteiger partial charge is 0.495 e. The van der Waals surface area contributed by atoms with Gasteiger partial charge in [0, 0.05) is 31.3 Å². The molecule has 30 heavy (non-hydrogen) atoms. The van der Waals surface area contributed by atoms with Crippen LogP contribution in [0, 0.1) is 10.1 Å². The third-order valence-corrected chi connectivity index (χ3v) is 5.52. The first-order chi connectivity index (χ1) is 14.2. The normalized spacial score (nSPS) is 10.9. The van der Waals surface area contributed by atoms with Crippen molar-refractivity contribution in [2.24, 2.45) is 0 Å². The molecule has 2 aromatic carbocycles. The van der Waals surface area contributed by atoms with E-state index in [4.69, 9.17) is 21.1 Å². The summed E-state index contributed by atoms with van der Waals surface area (Å²) in [5, 5.41) is 16.0. The Morgan fingerprint density at radius 2 is 1.83 bits per heavy atom. The van der Waals surface area contributed by atoms with E-state index in [2.05, 4.69) is 15.4 Å². The smallest absolute Gasteiger partial charge is 0.319 e. The average molecular weight is 459 g/mol. The van der Waals surface area contributed by atoms with Gasteiger partial charge in [-0.25, -0.2) is 17.9 Å². The molecule has 13 heteroatoms. The number of carbonyl (C=O) groups is 1. The minimum absolute atomic E-state index is 0.0494. The number of amides is 2. The van der Waals surface area contributed by atoms with Gasteiger partial charge in [0.15, 0.2) is 0 Å². The number of sulfonamides is 1. The second-order valence-electron chi connectivity index (χ2n) is 5.72. The Bertz CT molecular complexity index is 1050. The maximum absolute atomic E-state index is 12.2. The van der Waals surface area contributed by atoms with Gasteiger partial charge in [-0.1, -0.05) is 17.7 Å². The number of halogens is 1. The molecule has 0 radical (unpaired) electrons. The molecule has 0 aromatic heterocycles. The number of methoxy groups -OCH3 is 2. The Kier molecular flexibility index (Phi) is 7.80. The zero-order chi connectivity index (χ0) is 22.3. The van der Waals surface area contributed by atoms with E-state index in [0.29, 0.717) is 11.5 Å². The van der Waals surface area contributed by atoms with Gasteiger partial charge in [-0.2, -0.15) is 0 Å². The molecule has 0 saturated carbocycles. The molecular weight excluding hydrogens is 440 g/mol. The predicted octanol–water partition coefficient (Wildman–Crippen LogP) is 2.37. The SMILES string of the molecule is COc1cc(OC)c(NC(=O)NCCNS(=O)(=O)c2cccc([N+](=O)[O-])c2)cc1Cl. The van der Waals surface area contributed by atoms with Crippen LogP contribution < -0.4 is 24.8 Å². The van der Waals surface area contributed by atoms with Crippen molar-refractivity contribution in [2.45, 2.75) is 4.90 Å². The van der Waals surface area contributed by atoms with Crippen LogP contribution in [0.1, 0.15) is 0 Å². The maximum Gasteiger partial charge on any atom is 0.319 e. The van der Waals surface area contributed by atoms with E-state index in [-0.39, 0.29) is 34.4 Å². The van der Waals surface area contributed by atoms with Crippen LogP contribution in [-0.4, -0.2) is 46.7 Å². The molecule has 0 fully saturated rings. The van der Waals surface area contributed by atoms with E-state index in [1.54, 1.807) is 0 Å². The second kappa shape index (κ2) is 10.1. The molecule has 0 aliphatic carbocycles. The van der Waals surface area contributed by atoms with Gasteiger partial charge < -0.3 is 20.1 Å². The van der Waals surface area contributed by atoms with Gasteiger partial charge in [-0.3, -0.25) is 10.1 Å². The minimum Gasteiger partial charge on any atom is -0.495 e. The van der Waals surface area contributed by atoms with E-state index in [1.165, 1.54) is 44.6 Å². The molecule has 0 heterocycles. The molecule has 0 bridgehead atoms.